The van der Waals surface area contributed by atoms with Gasteiger partial charge in [0.1, 0.15) is 5.75 Å². The molecular formula is C21H27ClN2O2. The molecule has 0 radical (unpaired) electrons. The highest BCUT2D eigenvalue weighted by molar-refractivity contribution is 5.85. The summed E-state index contributed by atoms with van der Waals surface area (Å²) in [6.07, 6.45) is 0. The average Bonchev–Trinajstić information content (AvgIpc) is 3.07. The van der Waals surface area contributed by atoms with E-state index in [9.17, 15) is 4.79 Å². The molecule has 2 aromatic carbocycles. The largest absolute Gasteiger partial charge is 0.483 e. The minimum atomic E-state index is 0. The summed E-state index contributed by atoms with van der Waals surface area (Å²) in [5.74, 6) is 1.41. The van der Waals surface area contributed by atoms with Gasteiger partial charge in [0.15, 0.2) is 6.61 Å². The zero-order valence-electron chi connectivity index (χ0n) is 15.4. The minimum absolute atomic E-state index is 0. The molecule has 0 spiro atoms. The molecule has 1 fully saturated rings. The second-order valence-electron chi connectivity index (χ2n) is 6.87. The highest BCUT2D eigenvalue weighted by Gasteiger charge is 2.35. The van der Waals surface area contributed by atoms with Crippen molar-refractivity contribution < 1.29 is 9.53 Å². The van der Waals surface area contributed by atoms with Crippen molar-refractivity contribution in [3.8, 4) is 5.75 Å². The Balaban J connectivity index is 0.00000243. The highest BCUT2D eigenvalue weighted by atomic mass is 35.5. The number of halogens is 1. The first-order valence-corrected chi connectivity index (χ1v) is 8.81. The van der Waals surface area contributed by atoms with Crippen molar-refractivity contribution in [2.24, 2.45) is 11.7 Å². The zero-order valence-corrected chi connectivity index (χ0v) is 16.2. The quantitative estimate of drug-likeness (QED) is 0.873. The van der Waals surface area contributed by atoms with Gasteiger partial charge >= 0.3 is 0 Å². The van der Waals surface area contributed by atoms with Gasteiger partial charge in [-0.15, -0.1) is 12.4 Å². The maximum Gasteiger partial charge on any atom is 0.260 e. The van der Waals surface area contributed by atoms with E-state index in [0.29, 0.717) is 31.5 Å². The van der Waals surface area contributed by atoms with Gasteiger partial charge in [-0.3, -0.25) is 4.79 Å². The molecule has 1 aliphatic heterocycles. The van der Waals surface area contributed by atoms with E-state index < -0.39 is 0 Å². The first-order valence-electron chi connectivity index (χ1n) is 8.81. The molecule has 2 atom stereocenters. The number of nitrogens with zero attached hydrogens (tertiary/aromatic N) is 1. The van der Waals surface area contributed by atoms with Crippen LogP contribution >= 0.6 is 12.4 Å². The molecule has 1 heterocycles. The van der Waals surface area contributed by atoms with E-state index in [-0.39, 0.29) is 24.9 Å². The van der Waals surface area contributed by atoms with Crippen LogP contribution < -0.4 is 10.5 Å². The first kappa shape index (κ1) is 20.3. The van der Waals surface area contributed by atoms with Crippen molar-refractivity contribution in [3.63, 3.8) is 0 Å². The van der Waals surface area contributed by atoms with Crippen LogP contribution in [0.25, 0.3) is 0 Å². The van der Waals surface area contributed by atoms with E-state index in [2.05, 4.69) is 12.1 Å². The average molecular weight is 375 g/mol. The highest BCUT2D eigenvalue weighted by Crippen LogP contribution is 2.32. The molecule has 2 N–H and O–H groups in total. The maximum absolute atomic E-state index is 12.6. The van der Waals surface area contributed by atoms with Gasteiger partial charge < -0.3 is 15.4 Å². The first-order chi connectivity index (χ1) is 12.1. The number of amides is 1. The zero-order chi connectivity index (χ0) is 17.8. The number of ether oxygens (including phenoxy) is 1. The summed E-state index contributed by atoms with van der Waals surface area (Å²) in [5, 5.41) is 0. The molecule has 2 aromatic rings. The molecular weight excluding hydrogens is 348 g/mol. The van der Waals surface area contributed by atoms with Gasteiger partial charge in [0.25, 0.3) is 5.91 Å². The second kappa shape index (κ2) is 9.06. The van der Waals surface area contributed by atoms with Gasteiger partial charge in [-0.2, -0.15) is 0 Å². The third-order valence-corrected chi connectivity index (χ3v) is 5.02. The fraction of sp³-hybridized carbons (Fsp3) is 0.381. The predicted octanol–water partition coefficient (Wildman–Crippen LogP) is 3.30. The predicted molar refractivity (Wildman–Crippen MR) is 107 cm³/mol. The van der Waals surface area contributed by atoms with Crippen molar-refractivity contribution >= 4 is 18.3 Å². The maximum atomic E-state index is 12.6. The van der Waals surface area contributed by atoms with E-state index >= 15 is 0 Å². The smallest absolute Gasteiger partial charge is 0.260 e. The molecule has 0 saturated carbocycles. The van der Waals surface area contributed by atoms with Gasteiger partial charge in [-0.1, -0.05) is 42.5 Å². The number of likely N-dealkylation sites (tertiary alicyclic amines) is 1. The molecule has 4 nitrogen and oxygen atoms in total. The van der Waals surface area contributed by atoms with Crippen molar-refractivity contribution in [3.05, 3.63) is 65.2 Å². The number of hydrogen-bond donors (Lipinski definition) is 1. The van der Waals surface area contributed by atoms with Crippen LogP contribution in [-0.4, -0.2) is 37.0 Å². The molecule has 0 bridgehead atoms. The van der Waals surface area contributed by atoms with E-state index in [4.69, 9.17) is 10.5 Å². The van der Waals surface area contributed by atoms with E-state index in [1.807, 2.05) is 55.1 Å². The van der Waals surface area contributed by atoms with Crippen molar-refractivity contribution in [1.29, 1.82) is 0 Å². The topological polar surface area (TPSA) is 55.6 Å². The van der Waals surface area contributed by atoms with Gasteiger partial charge in [0, 0.05) is 19.0 Å². The van der Waals surface area contributed by atoms with E-state index in [1.165, 1.54) is 5.56 Å². The van der Waals surface area contributed by atoms with Crippen LogP contribution in [0.2, 0.25) is 0 Å². The molecule has 1 aliphatic rings. The Labute approximate surface area is 161 Å². The lowest BCUT2D eigenvalue weighted by Crippen LogP contribution is -2.33. The Morgan fingerprint density at radius 1 is 1.15 bits per heavy atom. The second-order valence-corrected chi connectivity index (χ2v) is 6.87. The summed E-state index contributed by atoms with van der Waals surface area (Å²) in [6.45, 7) is 6.08. The fourth-order valence-electron chi connectivity index (χ4n) is 3.49. The number of aryl methyl sites for hydroxylation is 2. The normalized spacial score (nSPS) is 19.1. The standard InChI is InChI=1S/C21H26N2O2.ClH/c1-15-8-9-16(2)20(10-15)25-14-21(24)23-12-18(11-22)19(13-23)17-6-4-3-5-7-17;/h3-10,18-19H,11-14,22H2,1-2H3;1H/t18-,19+;/m1./s1. The van der Waals surface area contributed by atoms with Gasteiger partial charge in [-0.05, 0) is 49.1 Å². The van der Waals surface area contributed by atoms with Crippen LogP contribution in [0.15, 0.2) is 48.5 Å². The molecule has 3 rings (SSSR count). The van der Waals surface area contributed by atoms with Crippen LogP contribution in [0.5, 0.6) is 5.75 Å². The number of hydrogen-bond acceptors (Lipinski definition) is 3. The Hall–Kier alpha value is -2.04. The molecule has 0 aromatic heterocycles. The van der Waals surface area contributed by atoms with Crippen LogP contribution in [0.3, 0.4) is 0 Å². The summed E-state index contributed by atoms with van der Waals surface area (Å²) >= 11 is 0. The molecule has 140 valence electrons. The lowest BCUT2D eigenvalue weighted by atomic mass is 9.89. The van der Waals surface area contributed by atoms with Crippen LogP contribution in [0.1, 0.15) is 22.6 Å². The molecule has 5 heteroatoms. The summed E-state index contributed by atoms with van der Waals surface area (Å²) in [6, 6.07) is 16.4. The molecule has 0 aliphatic carbocycles. The van der Waals surface area contributed by atoms with E-state index in [1.54, 1.807) is 0 Å². The molecule has 1 saturated heterocycles. The number of rotatable bonds is 5. The molecule has 26 heavy (non-hydrogen) atoms. The molecule has 0 unspecified atom stereocenters. The Morgan fingerprint density at radius 3 is 2.58 bits per heavy atom. The summed E-state index contributed by atoms with van der Waals surface area (Å²) < 4.78 is 5.78. The van der Waals surface area contributed by atoms with Crippen LogP contribution in [0, 0.1) is 19.8 Å². The third kappa shape index (κ3) is 4.57. The van der Waals surface area contributed by atoms with Gasteiger partial charge in [0.2, 0.25) is 0 Å². The number of carbonyl (C=O) groups is 1. The number of nitrogens with two attached hydrogens (primary N) is 1. The van der Waals surface area contributed by atoms with Crippen molar-refractivity contribution in [1.82, 2.24) is 4.90 Å². The SMILES string of the molecule is Cc1ccc(C)c(OCC(=O)N2C[C@@H](CN)[C@H](c3ccccc3)C2)c1.Cl. The Kier molecular flexibility index (Phi) is 7.06. The Bertz CT molecular complexity index is 736. The number of benzene rings is 2. The molecule has 1 amide bonds. The summed E-state index contributed by atoms with van der Waals surface area (Å²) in [4.78, 5) is 14.5. The minimum Gasteiger partial charge on any atom is -0.483 e. The van der Waals surface area contributed by atoms with Crippen molar-refractivity contribution in [2.75, 3.05) is 26.2 Å². The Morgan fingerprint density at radius 2 is 1.88 bits per heavy atom. The lowest BCUT2D eigenvalue weighted by Gasteiger charge is -2.18. The summed E-state index contributed by atoms with van der Waals surface area (Å²) in [7, 11) is 0. The number of carbonyl (C=O) groups excluding carboxylic acids is 1. The van der Waals surface area contributed by atoms with Gasteiger partial charge in [-0.25, -0.2) is 0 Å². The van der Waals surface area contributed by atoms with Crippen LogP contribution in [-0.2, 0) is 4.79 Å². The lowest BCUT2D eigenvalue weighted by molar-refractivity contribution is -0.132. The van der Waals surface area contributed by atoms with Gasteiger partial charge in [0.05, 0.1) is 0 Å². The van der Waals surface area contributed by atoms with Crippen molar-refractivity contribution in [2.45, 2.75) is 19.8 Å². The summed E-state index contributed by atoms with van der Waals surface area (Å²) in [5.41, 5.74) is 9.38. The fourth-order valence-corrected chi connectivity index (χ4v) is 3.49. The monoisotopic (exact) mass is 374 g/mol. The van der Waals surface area contributed by atoms with E-state index in [0.717, 1.165) is 16.9 Å². The third-order valence-electron chi connectivity index (χ3n) is 5.02. The van der Waals surface area contributed by atoms with Crippen LogP contribution in [0.4, 0.5) is 0 Å².